The number of H-pyrrole nitrogens is 1. The Morgan fingerprint density at radius 2 is 1.65 bits per heavy atom. The van der Waals surface area contributed by atoms with Crippen LogP contribution in [-0.2, 0) is 6.54 Å². The van der Waals surface area contributed by atoms with Crippen molar-refractivity contribution in [2.75, 3.05) is 26.2 Å². The quantitative estimate of drug-likeness (QED) is 0.244. The molecule has 0 unspecified atom stereocenters. The van der Waals surface area contributed by atoms with E-state index in [0.717, 1.165) is 51.8 Å². The number of aromatic nitrogens is 2. The highest BCUT2D eigenvalue weighted by atomic mass is 35.5. The fourth-order valence-corrected chi connectivity index (χ4v) is 5.56. The highest BCUT2D eigenvalue weighted by Gasteiger charge is 2.10. The Kier molecular flexibility index (Phi) is 7.77. The van der Waals surface area contributed by atoms with E-state index in [2.05, 4.69) is 57.7 Å². The molecule has 1 fully saturated rings. The van der Waals surface area contributed by atoms with Crippen LogP contribution in [0.15, 0.2) is 70.5 Å². The zero-order valence-corrected chi connectivity index (χ0v) is 21.3. The number of hydrogen-bond donors (Lipinski definition) is 2. The van der Waals surface area contributed by atoms with Crippen LogP contribution in [0.25, 0.3) is 22.4 Å². The largest absolute Gasteiger partial charge is 0.338 e. The number of piperidine rings is 1. The predicted octanol–water partition coefficient (Wildman–Crippen LogP) is 7.26. The molecule has 34 heavy (non-hydrogen) atoms. The van der Waals surface area contributed by atoms with E-state index in [9.17, 15) is 0 Å². The van der Waals surface area contributed by atoms with Gasteiger partial charge < -0.3 is 15.2 Å². The number of imidazole rings is 1. The van der Waals surface area contributed by atoms with Gasteiger partial charge >= 0.3 is 0 Å². The number of nitrogens with one attached hydrogen (secondary N) is 2. The number of fused-ring (bicyclic) bond motifs is 1. The van der Waals surface area contributed by atoms with Gasteiger partial charge in [-0.15, -0.1) is 0 Å². The first kappa shape index (κ1) is 23.7. The van der Waals surface area contributed by atoms with Crippen LogP contribution in [-0.4, -0.2) is 41.0 Å². The van der Waals surface area contributed by atoms with Gasteiger partial charge in [0.15, 0.2) is 0 Å². The third kappa shape index (κ3) is 5.96. The van der Waals surface area contributed by atoms with Gasteiger partial charge in [-0.05, 0) is 67.9 Å². The van der Waals surface area contributed by atoms with Crippen LogP contribution in [0.2, 0.25) is 10.0 Å². The molecule has 4 aromatic rings. The monoisotopic (exact) mass is 510 g/mol. The second-order valence-electron chi connectivity index (χ2n) is 8.72. The molecule has 0 atom stereocenters. The van der Waals surface area contributed by atoms with Crippen molar-refractivity contribution in [3.63, 3.8) is 0 Å². The first-order chi connectivity index (χ1) is 16.6. The van der Waals surface area contributed by atoms with Gasteiger partial charge in [-0.2, -0.15) is 0 Å². The minimum Gasteiger partial charge on any atom is -0.338 e. The van der Waals surface area contributed by atoms with Crippen LogP contribution in [0, 0.1) is 0 Å². The van der Waals surface area contributed by atoms with Gasteiger partial charge in [0.2, 0.25) is 0 Å². The molecule has 0 radical (unpaired) electrons. The molecule has 5 rings (SSSR count). The van der Waals surface area contributed by atoms with Gasteiger partial charge in [0.1, 0.15) is 5.82 Å². The fourth-order valence-electron chi connectivity index (χ4n) is 4.30. The van der Waals surface area contributed by atoms with Crippen molar-refractivity contribution in [3.8, 4) is 11.4 Å². The van der Waals surface area contributed by atoms with Crippen molar-refractivity contribution in [1.82, 2.24) is 20.2 Å². The molecule has 2 heterocycles. The minimum atomic E-state index is 0.567. The molecule has 0 saturated carbocycles. The van der Waals surface area contributed by atoms with Gasteiger partial charge in [0.05, 0.1) is 21.1 Å². The van der Waals surface area contributed by atoms with E-state index in [1.54, 1.807) is 11.8 Å². The summed E-state index contributed by atoms with van der Waals surface area (Å²) in [7, 11) is 0. The van der Waals surface area contributed by atoms with E-state index in [0.29, 0.717) is 10.0 Å². The number of rotatable bonds is 8. The lowest BCUT2D eigenvalue weighted by atomic mass is 10.1. The van der Waals surface area contributed by atoms with Crippen LogP contribution in [0.5, 0.6) is 0 Å². The molecule has 0 amide bonds. The highest BCUT2D eigenvalue weighted by molar-refractivity contribution is 7.99. The summed E-state index contributed by atoms with van der Waals surface area (Å²) in [4.78, 5) is 13.0. The molecular weight excluding hydrogens is 483 g/mol. The molecule has 3 aromatic carbocycles. The van der Waals surface area contributed by atoms with E-state index >= 15 is 0 Å². The zero-order valence-electron chi connectivity index (χ0n) is 19.0. The van der Waals surface area contributed by atoms with Crippen molar-refractivity contribution >= 4 is 46.0 Å². The first-order valence-corrected chi connectivity index (χ1v) is 13.4. The molecule has 4 nitrogen and oxygen atoms in total. The molecule has 2 N–H and O–H groups in total. The molecule has 0 bridgehead atoms. The zero-order chi connectivity index (χ0) is 23.3. The second-order valence-corrected chi connectivity index (χ2v) is 10.7. The van der Waals surface area contributed by atoms with Crippen molar-refractivity contribution in [2.45, 2.75) is 35.6 Å². The lowest BCUT2D eigenvalue weighted by Gasteiger charge is -2.26. The Hall–Kier alpha value is -2.02. The van der Waals surface area contributed by atoms with Gasteiger partial charge in [-0.25, -0.2) is 4.98 Å². The summed E-state index contributed by atoms with van der Waals surface area (Å²) in [6.45, 7) is 5.58. The van der Waals surface area contributed by atoms with Crippen LogP contribution in [0.4, 0.5) is 0 Å². The third-order valence-electron chi connectivity index (χ3n) is 6.19. The van der Waals surface area contributed by atoms with Gasteiger partial charge in [-0.3, -0.25) is 0 Å². The van der Waals surface area contributed by atoms with Crippen LogP contribution in [0.1, 0.15) is 24.8 Å². The van der Waals surface area contributed by atoms with Crippen LogP contribution >= 0.6 is 35.0 Å². The third-order valence-corrected chi connectivity index (χ3v) is 7.91. The second kappa shape index (κ2) is 11.1. The van der Waals surface area contributed by atoms with Crippen molar-refractivity contribution in [2.24, 2.45) is 0 Å². The van der Waals surface area contributed by atoms with E-state index < -0.39 is 0 Å². The SMILES string of the molecule is Clc1ccc(Sc2ccc3nc(-c4ccc(CNCCN5CCCCC5)cc4)[nH]c3c2)cc1Cl. The number of benzene rings is 3. The molecular formula is C27H28Cl2N4S. The summed E-state index contributed by atoms with van der Waals surface area (Å²) in [5, 5.41) is 4.71. The molecule has 1 saturated heterocycles. The number of nitrogens with zero attached hydrogens (tertiary/aromatic N) is 2. The Balaban J connectivity index is 1.20. The van der Waals surface area contributed by atoms with Crippen molar-refractivity contribution < 1.29 is 0 Å². The first-order valence-electron chi connectivity index (χ1n) is 11.8. The predicted molar refractivity (Wildman–Crippen MR) is 144 cm³/mol. The van der Waals surface area contributed by atoms with Crippen LogP contribution in [0.3, 0.4) is 0 Å². The smallest absolute Gasteiger partial charge is 0.138 e. The Morgan fingerprint density at radius 3 is 2.44 bits per heavy atom. The molecule has 176 valence electrons. The number of halogens is 2. The summed E-state index contributed by atoms with van der Waals surface area (Å²) in [6.07, 6.45) is 4.08. The highest BCUT2D eigenvalue weighted by Crippen LogP contribution is 2.34. The van der Waals surface area contributed by atoms with Gasteiger partial charge in [0, 0.05) is 35.0 Å². The number of hydrogen-bond acceptors (Lipinski definition) is 4. The maximum absolute atomic E-state index is 6.16. The van der Waals surface area contributed by atoms with Crippen molar-refractivity contribution in [3.05, 3.63) is 76.3 Å². The van der Waals surface area contributed by atoms with Gasteiger partial charge in [0.25, 0.3) is 0 Å². The molecule has 0 spiro atoms. The average molecular weight is 512 g/mol. The Labute approximate surface area is 215 Å². The number of likely N-dealkylation sites (tertiary alicyclic amines) is 1. The summed E-state index contributed by atoms with van der Waals surface area (Å²) in [5.41, 5.74) is 4.35. The normalized spacial score (nSPS) is 14.6. The number of aromatic amines is 1. The fraction of sp³-hybridized carbons (Fsp3) is 0.296. The molecule has 1 aromatic heterocycles. The molecule has 7 heteroatoms. The topological polar surface area (TPSA) is 44.0 Å². The van der Waals surface area contributed by atoms with Gasteiger partial charge in [-0.1, -0.05) is 65.7 Å². The maximum atomic E-state index is 6.16. The lowest BCUT2D eigenvalue weighted by Crippen LogP contribution is -2.35. The van der Waals surface area contributed by atoms with E-state index in [4.69, 9.17) is 28.2 Å². The summed E-state index contributed by atoms with van der Waals surface area (Å²) in [5.74, 6) is 0.885. The Morgan fingerprint density at radius 1 is 0.882 bits per heavy atom. The van der Waals surface area contributed by atoms with E-state index in [1.807, 2.05) is 18.2 Å². The molecule has 0 aliphatic carbocycles. The Bertz CT molecular complexity index is 1250. The summed E-state index contributed by atoms with van der Waals surface area (Å²) in [6, 6.07) is 20.6. The van der Waals surface area contributed by atoms with Crippen LogP contribution < -0.4 is 5.32 Å². The van der Waals surface area contributed by atoms with E-state index in [1.165, 1.54) is 37.9 Å². The molecule has 1 aliphatic rings. The summed E-state index contributed by atoms with van der Waals surface area (Å²) < 4.78 is 0. The minimum absolute atomic E-state index is 0.567. The van der Waals surface area contributed by atoms with E-state index in [-0.39, 0.29) is 0 Å². The van der Waals surface area contributed by atoms with Crippen molar-refractivity contribution in [1.29, 1.82) is 0 Å². The summed E-state index contributed by atoms with van der Waals surface area (Å²) >= 11 is 13.8. The lowest BCUT2D eigenvalue weighted by molar-refractivity contribution is 0.229. The maximum Gasteiger partial charge on any atom is 0.138 e. The average Bonchev–Trinajstić information content (AvgIpc) is 3.29. The molecule has 1 aliphatic heterocycles. The standard InChI is InChI=1S/C27H28Cl2N4S/c28-23-10-8-21(16-24(23)29)34-22-9-11-25-26(17-22)32-27(31-25)20-6-4-19(5-7-20)18-30-12-15-33-13-2-1-3-14-33/h4-11,16-17,30H,1-3,12-15,18H2,(H,31,32).